The third-order valence-electron chi connectivity index (χ3n) is 4.55. The van der Waals surface area contributed by atoms with E-state index in [1.165, 1.54) is 12.4 Å². The average molecular weight is 316 g/mol. The predicted molar refractivity (Wildman–Crippen MR) is 98.7 cm³/mol. The third-order valence-corrected chi connectivity index (χ3v) is 4.55. The Morgan fingerprint density at radius 2 is 1.52 bits per heavy atom. The van der Waals surface area contributed by atoms with E-state index in [9.17, 15) is 0 Å². The van der Waals surface area contributed by atoms with E-state index in [-0.39, 0.29) is 18.3 Å². The van der Waals surface area contributed by atoms with Crippen LogP contribution < -0.4 is 5.46 Å². The van der Waals surface area contributed by atoms with Gasteiger partial charge in [-0.15, -0.1) is 0 Å². The van der Waals surface area contributed by atoms with Gasteiger partial charge in [0.25, 0.3) is 0 Å². The van der Waals surface area contributed by atoms with Crippen molar-refractivity contribution in [3.63, 3.8) is 0 Å². The van der Waals surface area contributed by atoms with Crippen molar-refractivity contribution < 1.29 is 14.0 Å². The van der Waals surface area contributed by atoms with Gasteiger partial charge in [0.05, 0.1) is 32.3 Å². The lowest BCUT2D eigenvalue weighted by Gasteiger charge is -2.32. The maximum atomic E-state index is 6.08. The minimum atomic E-state index is -0.284. The summed E-state index contributed by atoms with van der Waals surface area (Å²) in [6.45, 7) is 15.5. The van der Waals surface area contributed by atoms with Crippen LogP contribution in [0.3, 0.4) is 0 Å². The van der Waals surface area contributed by atoms with Gasteiger partial charge in [-0.2, -0.15) is 0 Å². The fourth-order valence-corrected chi connectivity index (χ4v) is 2.37. The van der Waals surface area contributed by atoms with E-state index in [2.05, 4.69) is 59.8 Å². The molecule has 0 spiro atoms. The molecule has 2 radical (unpaired) electrons. The Morgan fingerprint density at radius 3 is 1.96 bits per heavy atom. The Balaban J connectivity index is 0.000000615. The summed E-state index contributed by atoms with van der Waals surface area (Å²) < 4.78 is 17.4. The van der Waals surface area contributed by atoms with E-state index in [4.69, 9.17) is 14.0 Å². The molecule has 0 aromatic heterocycles. The van der Waals surface area contributed by atoms with Crippen LogP contribution in [0.25, 0.3) is 0 Å². The average Bonchev–Trinajstić information content (AvgIpc) is 2.70. The molecule has 3 nitrogen and oxygen atoms in total. The third kappa shape index (κ3) is 4.40. The molecule has 126 valence electrons. The summed E-state index contributed by atoms with van der Waals surface area (Å²) in [5.74, 6) is 0.530. The predicted octanol–water partition coefficient (Wildman–Crippen LogP) is 3.33. The molecule has 0 bridgehead atoms. The monoisotopic (exact) mass is 316 g/mol. The lowest BCUT2D eigenvalue weighted by molar-refractivity contribution is 0.00578. The first-order valence-corrected chi connectivity index (χ1v) is 8.50. The van der Waals surface area contributed by atoms with Gasteiger partial charge in [-0.05, 0) is 38.7 Å². The molecule has 0 N–H and O–H groups in total. The molecule has 5 heteroatoms. The quantitative estimate of drug-likeness (QED) is 0.784. The molecule has 0 atom stereocenters. The first kappa shape index (κ1) is 20.3. The van der Waals surface area contributed by atoms with Gasteiger partial charge in [-0.3, -0.25) is 0 Å². The minimum absolute atomic E-state index is 0.272. The van der Waals surface area contributed by atoms with Crippen LogP contribution in [0.5, 0.6) is 0 Å². The summed E-state index contributed by atoms with van der Waals surface area (Å²) in [6.07, 6.45) is 0. The first-order chi connectivity index (χ1) is 10.9. The zero-order chi connectivity index (χ0) is 17.7. The highest BCUT2D eigenvalue weighted by Gasteiger charge is 2.51. The van der Waals surface area contributed by atoms with Gasteiger partial charge in [0.15, 0.2) is 0 Å². The molecule has 0 saturated carbocycles. The molecule has 2 heterocycles. The SMILES string of the molecule is CC.CC1(C)OB(c2cccc(C3COC3)c2)OC1(C)C.[B]C. The van der Waals surface area contributed by atoms with Gasteiger partial charge in [-0.1, -0.05) is 44.9 Å². The normalized spacial score (nSPS) is 21.4. The molecule has 1 aromatic rings. The Hall–Kier alpha value is -0.770. The highest BCUT2D eigenvalue weighted by Crippen LogP contribution is 2.36. The Labute approximate surface area is 143 Å². The lowest BCUT2D eigenvalue weighted by atomic mass is 9.77. The molecule has 0 amide bonds. The van der Waals surface area contributed by atoms with E-state index in [0.29, 0.717) is 5.92 Å². The van der Waals surface area contributed by atoms with E-state index in [1.807, 2.05) is 13.8 Å². The van der Waals surface area contributed by atoms with Gasteiger partial charge in [-0.25, -0.2) is 0 Å². The van der Waals surface area contributed by atoms with Crippen molar-refractivity contribution in [3.05, 3.63) is 29.8 Å². The van der Waals surface area contributed by atoms with Crippen molar-refractivity contribution in [2.24, 2.45) is 0 Å². The largest absolute Gasteiger partial charge is 0.494 e. The molecular formula is C18H30B2O3. The zero-order valence-electron chi connectivity index (χ0n) is 15.7. The Bertz CT molecular complexity index is 469. The van der Waals surface area contributed by atoms with Crippen LogP contribution in [0, 0.1) is 0 Å². The van der Waals surface area contributed by atoms with E-state index < -0.39 is 0 Å². The summed E-state index contributed by atoms with van der Waals surface area (Å²) in [5, 5.41) is 0. The van der Waals surface area contributed by atoms with Gasteiger partial charge in [0, 0.05) is 5.92 Å². The standard InChI is InChI=1S/C15H21BO3.C2H6.CH3B/c1-14(2)15(3,4)19-16(18-14)13-7-5-6-11(8-13)12-9-17-10-12;2*1-2/h5-8,12H,9-10H2,1-4H3;1-2H3;1H3. The molecule has 2 saturated heterocycles. The van der Waals surface area contributed by atoms with Crippen LogP contribution in [0.15, 0.2) is 24.3 Å². The smallest absolute Gasteiger partial charge is 0.399 e. The van der Waals surface area contributed by atoms with Gasteiger partial charge < -0.3 is 14.0 Å². The van der Waals surface area contributed by atoms with Crippen molar-refractivity contribution in [3.8, 4) is 0 Å². The van der Waals surface area contributed by atoms with Crippen molar-refractivity contribution in [1.82, 2.24) is 0 Å². The molecular weight excluding hydrogens is 286 g/mol. The summed E-state index contributed by atoms with van der Waals surface area (Å²) in [7, 11) is 4.23. The summed E-state index contributed by atoms with van der Waals surface area (Å²) in [5.41, 5.74) is 1.85. The van der Waals surface area contributed by atoms with Gasteiger partial charge in [0.2, 0.25) is 0 Å². The van der Waals surface area contributed by atoms with E-state index in [0.717, 1.165) is 18.7 Å². The van der Waals surface area contributed by atoms with Crippen molar-refractivity contribution in [1.29, 1.82) is 0 Å². The van der Waals surface area contributed by atoms with Crippen LogP contribution in [-0.2, 0) is 14.0 Å². The highest BCUT2D eigenvalue weighted by molar-refractivity contribution is 6.62. The molecule has 2 aliphatic heterocycles. The number of hydrogen-bond donors (Lipinski definition) is 0. The number of rotatable bonds is 2. The van der Waals surface area contributed by atoms with Crippen molar-refractivity contribution in [2.75, 3.05) is 13.2 Å². The first-order valence-electron chi connectivity index (χ1n) is 8.50. The zero-order valence-corrected chi connectivity index (χ0v) is 15.7. The van der Waals surface area contributed by atoms with Crippen LogP contribution >= 0.6 is 0 Å². The molecule has 0 unspecified atom stereocenters. The molecule has 23 heavy (non-hydrogen) atoms. The summed E-state index contributed by atoms with van der Waals surface area (Å²) in [4.78, 5) is 0. The fourth-order valence-electron chi connectivity index (χ4n) is 2.37. The minimum Gasteiger partial charge on any atom is -0.399 e. The van der Waals surface area contributed by atoms with Crippen LogP contribution in [0.2, 0.25) is 6.82 Å². The van der Waals surface area contributed by atoms with Crippen LogP contribution in [-0.4, -0.2) is 39.4 Å². The fraction of sp³-hybridized carbons (Fsp3) is 0.667. The number of hydrogen-bond acceptors (Lipinski definition) is 3. The van der Waals surface area contributed by atoms with E-state index in [1.54, 1.807) is 0 Å². The Morgan fingerprint density at radius 1 is 1.00 bits per heavy atom. The molecule has 1 aromatic carbocycles. The van der Waals surface area contributed by atoms with Gasteiger partial charge >= 0.3 is 7.12 Å². The number of ether oxygens (including phenoxy) is 1. The van der Waals surface area contributed by atoms with E-state index >= 15 is 0 Å². The summed E-state index contributed by atoms with van der Waals surface area (Å²) in [6, 6.07) is 8.50. The Kier molecular flexibility index (Phi) is 7.37. The van der Waals surface area contributed by atoms with Gasteiger partial charge in [0.1, 0.15) is 0 Å². The molecule has 2 aliphatic rings. The van der Waals surface area contributed by atoms with Crippen molar-refractivity contribution >= 4 is 20.4 Å². The molecule has 2 fully saturated rings. The maximum absolute atomic E-state index is 6.08. The summed E-state index contributed by atoms with van der Waals surface area (Å²) >= 11 is 0. The topological polar surface area (TPSA) is 27.7 Å². The van der Waals surface area contributed by atoms with Crippen LogP contribution in [0.1, 0.15) is 53.0 Å². The lowest BCUT2D eigenvalue weighted by Crippen LogP contribution is -2.41. The molecule has 0 aliphatic carbocycles. The number of benzene rings is 1. The second kappa shape index (κ2) is 8.36. The highest BCUT2D eigenvalue weighted by atomic mass is 16.7. The van der Waals surface area contributed by atoms with Crippen molar-refractivity contribution in [2.45, 2.75) is 65.5 Å². The maximum Gasteiger partial charge on any atom is 0.494 e. The van der Waals surface area contributed by atoms with Crippen LogP contribution in [0.4, 0.5) is 0 Å². The second-order valence-electron chi connectivity index (χ2n) is 6.49. The second-order valence-corrected chi connectivity index (χ2v) is 6.49. The molecule has 3 rings (SSSR count).